The summed E-state index contributed by atoms with van der Waals surface area (Å²) < 4.78 is 1.84. The number of amides is 1. The zero-order chi connectivity index (χ0) is 26.4. The number of aromatic hydroxyl groups is 1. The van der Waals surface area contributed by atoms with Gasteiger partial charge in [-0.3, -0.25) is 4.79 Å². The average molecular weight is 502 g/mol. The number of carbonyl (C=O) groups excluding carboxylic acids is 1. The molecule has 5 aromatic rings. The molecule has 0 aliphatic heterocycles. The van der Waals surface area contributed by atoms with E-state index in [1.54, 1.807) is 0 Å². The first-order valence-corrected chi connectivity index (χ1v) is 13.1. The summed E-state index contributed by atoms with van der Waals surface area (Å²) in [5.74, 6) is -0.205. The van der Waals surface area contributed by atoms with Gasteiger partial charge in [0.05, 0.1) is 12.1 Å². The molecule has 5 nitrogen and oxygen atoms in total. The van der Waals surface area contributed by atoms with Gasteiger partial charge in [-0.2, -0.15) is 0 Å². The lowest BCUT2D eigenvalue weighted by molar-refractivity contribution is -0.119. The third kappa shape index (κ3) is 4.38. The Bertz CT molecular complexity index is 1680. The van der Waals surface area contributed by atoms with Crippen LogP contribution in [0.1, 0.15) is 49.8 Å². The second-order valence-electron chi connectivity index (χ2n) is 11.3. The Balaban J connectivity index is 1.26. The minimum absolute atomic E-state index is 0.0146. The zero-order valence-corrected chi connectivity index (χ0v) is 21.9. The first kappa shape index (κ1) is 24.1. The Kier molecular flexibility index (Phi) is 5.87. The van der Waals surface area contributed by atoms with Crippen molar-refractivity contribution in [3.63, 3.8) is 0 Å². The Morgan fingerprint density at radius 1 is 0.895 bits per heavy atom. The van der Waals surface area contributed by atoms with Crippen molar-refractivity contribution < 1.29 is 9.90 Å². The molecule has 0 saturated heterocycles. The Morgan fingerprint density at radius 3 is 2.34 bits per heavy atom. The van der Waals surface area contributed by atoms with Crippen LogP contribution in [0.5, 0.6) is 5.88 Å². The largest absolute Gasteiger partial charge is 0.493 e. The van der Waals surface area contributed by atoms with E-state index in [4.69, 9.17) is 0 Å². The molecule has 1 aliphatic carbocycles. The van der Waals surface area contributed by atoms with Crippen LogP contribution >= 0.6 is 0 Å². The third-order valence-electron chi connectivity index (χ3n) is 7.69. The molecule has 0 bridgehead atoms. The van der Waals surface area contributed by atoms with Crippen LogP contribution in [-0.2, 0) is 16.8 Å². The van der Waals surface area contributed by atoms with Gasteiger partial charge >= 0.3 is 0 Å². The number of azo groups is 1. The normalized spacial score (nSPS) is 17.4. The molecule has 0 spiro atoms. The molecular weight excluding hydrogens is 470 g/mol. The maximum atomic E-state index is 12.9. The molecule has 4 aromatic carbocycles. The lowest BCUT2D eigenvalue weighted by Gasteiger charge is -2.19. The molecule has 6 rings (SSSR count). The van der Waals surface area contributed by atoms with Crippen LogP contribution in [0.25, 0.3) is 21.7 Å². The van der Waals surface area contributed by atoms with Crippen LogP contribution < -0.4 is 0 Å². The number of benzene rings is 4. The van der Waals surface area contributed by atoms with Gasteiger partial charge in [-0.05, 0) is 51.3 Å². The fourth-order valence-electron chi connectivity index (χ4n) is 5.37. The van der Waals surface area contributed by atoms with E-state index in [1.807, 2.05) is 47.0 Å². The predicted octanol–water partition coefficient (Wildman–Crippen LogP) is 8.26. The molecule has 5 heteroatoms. The zero-order valence-electron chi connectivity index (χ0n) is 21.9. The van der Waals surface area contributed by atoms with E-state index >= 15 is 0 Å². The number of rotatable bonds is 5. The molecule has 38 heavy (non-hydrogen) atoms. The second-order valence-corrected chi connectivity index (χ2v) is 11.3. The van der Waals surface area contributed by atoms with Crippen molar-refractivity contribution in [1.82, 2.24) is 4.57 Å². The number of aromatic nitrogens is 1. The van der Waals surface area contributed by atoms with Gasteiger partial charge in [-0.1, -0.05) is 106 Å². The summed E-state index contributed by atoms with van der Waals surface area (Å²) in [6.45, 7) is 7.06. The Labute approximate surface area is 222 Å². The number of hydrogen-bond acceptors (Lipinski definition) is 3. The highest BCUT2D eigenvalue weighted by Crippen LogP contribution is 2.49. The summed E-state index contributed by atoms with van der Waals surface area (Å²) in [7, 11) is 0. The van der Waals surface area contributed by atoms with Gasteiger partial charge in [0.1, 0.15) is 0 Å². The summed E-state index contributed by atoms with van der Waals surface area (Å²) in [5.41, 5.74) is 4.82. The van der Waals surface area contributed by atoms with Crippen LogP contribution in [0.4, 0.5) is 5.69 Å². The van der Waals surface area contributed by atoms with Crippen LogP contribution in [0.15, 0.2) is 101 Å². The summed E-state index contributed by atoms with van der Waals surface area (Å²) in [5, 5.41) is 22.7. The minimum atomic E-state index is -0.236. The van der Waals surface area contributed by atoms with E-state index in [0.717, 1.165) is 33.7 Å². The van der Waals surface area contributed by atoms with Crippen molar-refractivity contribution in [2.45, 2.75) is 45.1 Å². The second kappa shape index (κ2) is 9.25. The first-order chi connectivity index (χ1) is 18.3. The molecule has 1 amide bonds. The van der Waals surface area contributed by atoms with Gasteiger partial charge in [0.2, 0.25) is 5.88 Å². The SMILES string of the molecule is CC(C)(C)c1ccc([C@@H]2C[C@H]2C(=O)N=Nc2c(O)n(Cc3cccc4ccccc34)c3ccccc23)cc1. The average Bonchev–Trinajstić information content (AvgIpc) is 3.68. The summed E-state index contributed by atoms with van der Waals surface area (Å²) in [4.78, 5) is 12.9. The summed E-state index contributed by atoms with van der Waals surface area (Å²) >= 11 is 0. The Hall–Kier alpha value is -4.25. The standard InChI is InChI=1S/C33H31N3O2/c1-33(2,3)24-17-15-22(16-18-24)27-19-28(27)31(37)35-34-30-26-13-6-7-14-29(26)36(32(30)38)20-23-11-8-10-21-9-4-5-12-25(21)23/h4-18,27-28,38H,19-20H2,1-3H3/t27-,28+/m0/s1. The number of carbonyl (C=O) groups is 1. The van der Waals surface area contributed by atoms with E-state index in [1.165, 1.54) is 11.1 Å². The number of hydrogen-bond donors (Lipinski definition) is 1. The highest BCUT2D eigenvalue weighted by molar-refractivity contribution is 5.96. The molecule has 0 unspecified atom stereocenters. The number of fused-ring (bicyclic) bond motifs is 2. The van der Waals surface area contributed by atoms with Crippen molar-refractivity contribution in [2.75, 3.05) is 0 Å². The molecule has 1 aliphatic rings. The van der Waals surface area contributed by atoms with Crippen molar-refractivity contribution in [2.24, 2.45) is 16.1 Å². The molecule has 190 valence electrons. The van der Waals surface area contributed by atoms with Crippen LogP contribution in [0, 0.1) is 5.92 Å². The summed E-state index contributed by atoms with van der Waals surface area (Å²) in [6.07, 6.45) is 0.779. The van der Waals surface area contributed by atoms with E-state index in [2.05, 4.69) is 79.5 Å². The predicted molar refractivity (Wildman–Crippen MR) is 152 cm³/mol. The number of nitrogens with zero attached hydrogens (tertiary/aromatic N) is 3. The molecule has 1 N–H and O–H groups in total. The third-order valence-corrected chi connectivity index (χ3v) is 7.69. The van der Waals surface area contributed by atoms with Crippen molar-refractivity contribution in [3.05, 3.63) is 108 Å². The minimum Gasteiger partial charge on any atom is -0.493 e. The molecule has 2 atom stereocenters. The maximum Gasteiger partial charge on any atom is 0.268 e. The highest BCUT2D eigenvalue weighted by atomic mass is 16.3. The van der Waals surface area contributed by atoms with E-state index in [9.17, 15) is 9.90 Å². The monoisotopic (exact) mass is 501 g/mol. The van der Waals surface area contributed by atoms with Crippen LogP contribution in [-0.4, -0.2) is 15.6 Å². The Morgan fingerprint density at radius 2 is 1.58 bits per heavy atom. The van der Waals surface area contributed by atoms with Gasteiger partial charge < -0.3 is 9.67 Å². The molecule has 1 saturated carbocycles. The fraction of sp³-hybridized carbons (Fsp3) is 0.242. The van der Waals surface area contributed by atoms with Gasteiger partial charge in [0, 0.05) is 11.3 Å². The lowest BCUT2D eigenvalue weighted by atomic mass is 9.86. The molecular formula is C33H31N3O2. The van der Waals surface area contributed by atoms with Crippen molar-refractivity contribution in [3.8, 4) is 5.88 Å². The van der Waals surface area contributed by atoms with Crippen LogP contribution in [0.3, 0.4) is 0 Å². The summed E-state index contributed by atoms with van der Waals surface area (Å²) in [6, 6.07) is 30.7. The highest BCUT2D eigenvalue weighted by Gasteiger charge is 2.44. The first-order valence-electron chi connectivity index (χ1n) is 13.1. The quantitative estimate of drug-likeness (QED) is 0.246. The topological polar surface area (TPSA) is 66.9 Å². The van der Waals surface area contributed by atoms with Crippen molar-refractivity contribution >= 4 is 33.3 Å². The van der Waals surface area contributed by atoms with Crippen molar-refractivity contribution in [1.29, 1.82) is 0 Å². The van der Waals surface area contributed by atoms with Gasteiger partial charge in [0.15, 0.2) is 5.69 Å². The van der Waals surface area contributed by atoms with E-state index in [-0.39, 0.29) is 29.0 Å². The molecule has 0 radical (unpaired) electrons. The number of para-hydroxylation sites is 1. The fourth-order valence-corrected chi connectivity index (χ4v) is 5.37. The van der Waals surface area contributed by atoms with Gasteiger partial charge in [-0.15, -0.1) is 10.2 Å². The maximum absolute atomic E-state index is 12.9. The molecule has 1 heterocycles. The van der Waals surface area contributed by atoms with Crippen LogP contribution in [0.2, 0.25) is 0 Å². The van der Waals surface area contributed by atoms with Gasteiger partial charge in [-0.25, -0.2) is 0 Å². The van der Waals surface area contributed by atoms with E-state index < -0.39 is 0 Å². The smallest absolute Gasteiger partial charge is 0.268 e. The molecule has 1 aromatic heterocycles. The lowest BCUT2D eigenvalue weighted by Crippen LogP contribution is -2.10. The van der Waals surface area contributed by atoms with Gasteiger partial charge in [0.25, 0.3) is 5.91 Å². The molecule has 1 fully saturated rings. The van der Waals surface area contributed by atoms with E-state index in [0.29, 0.717) is 12.2 Å².